The topological polar surface area (TPSA) is 66.8 Å². The largest absolute Gasteiger partial charge is 0.481 e. The van der Waals surface area contributed by atoms with Gasteiger partial charge in [-0.15, -0.1) is 0 Å². The first-order valence-corrected chi connectivity index (χ1v) is 6.43. The molecule has 0 saturated carbocycles. The van der Waals surface area contributed by atoms with Crippen LogP contribution in [0.3, 0.4) is 0 Å². The van der Waals surface area contributed by atoms with Crippen molar-refractivity contribution in [2.45, 2.75) is 19.3 Å². The van der Waals surface area contributed by atoms with Crippen LogP contribution in [0.25, 0.3) is 0 Å². The summed E-state index contributed by atoms with van der Waals surface area (Å²) in [5.74, 6) is -1.44. The Morgan fingerprint density at radius 1 is 1.55 bits per heavy atom. The third kappa shape index (κ3) is 2.52. The lowest BCUT2D eigenvalue weighted by atomic mass is 9.88. The number of aryl methyl sites for hydroxylation is 1. The van der Waals surface area contributed by atoms with E-state index in [4.69, 9.17) is 4.74 Å². The SMILES string of the molecule is C=CCOC(=O)N1CCC(C(=O)O)c2cccc(C)c21. The van der Waals surface area contributed by atoms with E-state index in [1.165, 1.54) is 11.0 Å². The maximum atomic E-state index is 12.1. The Morgan fingerprint density at radius 2 is 2.30 bits per heavy atom. The Morgan fingerprint density at radius 3 is 2.95 bits per heavy atom. The molecule has 1 aromatic rings. The lowest BCUT2D eigenvalue weighted by Gasteiger charge is -2.33. The van der Waals surface area contributed by atoms with Crippen molar-refractivity contribution in [2.75, 3.05) is 18.1 Å². The molecule has 1 heterocycles. The van der Waals surface area contributed by atoms with Crippen molar-refractivity contribution < 1.29 is 19.4 Å². The number of ether oxygens (including phenoxy) is 1. The molecule has 1 aromatic carbocycles. The van der Waals surface area contributed by atoms with Crippen molar-refractivity contribution in [3.05, 3.63) is 42.0 Å². The number of para-hydroxylation sites is 1. The number of hydrogen-bond donors (Lipinski definition) is 1. The molecule has 106 valence electrons. The summed E-state index contributed by atoms with van der Waals surface area (Å²) in [6.07, 6.45) is 1.42. The van der Waals surface area contributed by atoms with Crippen LogP contribution in [-0.4, -0.2) is 30.3 Å². The smallest absolute Gasteiger partial charge is 0.414 e. The first-order valence-electron chi connectivity index (χ1n) is 6.43. The highest BCUT2D eigenvalue weighted by Crippen LogP contribution is 2.38. The molecule has 1 aliphatic rings. The number of fused-ring (bicyclic) bond motifs is 1. The second-order valence-electron chi connectivity index (χ2n) is 4.71. The molecular weight excluding hydrogens is 258 g/mol. The molecule has 0 saturated heterocycles. The van der Waals surface area contributed by atoms with Gasteiger partial charge in [0.1, 0.15) is 6.61 Å². The van der Waals surface area contributed by atoms with Crippen molar-refractivity contribution in [3.63, 3.8) is 0 Å². The van der Waals surface area contributed by atoms with Crippen LogP contribution in [0, 0.1) is 6.92 Å². The van der Waals surface area contributed by atoms with Crippen LogP contribution in [0.15, 0.2) is 30.9 Å². The van der Waals surface area contributed by atoms with Crippen molar-refractivity contribution in [1.29, 1.82) is 0 Å². The lowest BCUT2D eigenvalue weighted by molar-refractivity contribution is -0.139. The fourth-order valence-electron chi connectivity index (χ4n) is 2.50. The maximum Gasteiger partial charge on any atom is 0.414 e. The molecule has 0 bridgehead atoms. The van der Waals surface area contributed by atoms with Crippen LogP contribution in [0.1, 0.15) is 23.5 Å². The van der Waals surface area contributed by atoms with Crippen LogP contribution in [0.5, 0.6) is 0 Å². The highest BCUT2D eigenvalue weighted by molar-refractivity contribution is 5.93. The van der Waals surface area contributed by atoms with Crippen LogP contribution >= 0.6 is 0 Å². The van der Waals surface area contributed by atoms with Gasteiger partial charge in [-0.25, -0.2) is 4.79 Å². The Bertz CT molecular complexity index is 553. The number of nitrogens with zero attached hydrogens (tertiary/aromatic N) is 1. The summed E-state index contributed by atoms with van der Waals surface area (Å²) in [4.78, 5) is 24.9. The zero-order chi connectivity index (χ0) is 14.7. The standard InChI is InChI=1S/C15H17NO4/c1-3-9-20-15(19)16-8-7-12(14(17)18)11-6-4-5-10(2)13(11)16/h3-6,12H,1,7-9H2,2H3,(H,17,18). The van der Waals surface area contributed by atoms with Gasteiger partial charge in [0.15, 0.2) is 0 Å². The molecule has 0 aromatic heterocycles. The van der Waals surface area contributed by atoms with E-state index in [1.54, 1.807) is 6.07 Å². The number of anilines is 1. The van der Waals surface area contributed by atoms with Gasteiger partial charge >= 0.3 is 12.1 Å². The van der Waals surface area contributed by atoms with Gasteiger partial charge in [0, 0.05) is 6.54 Å². The third-order valence-electron chi connectivity index (χ3n) is 3.40. The lowest BCUT2D eigenvalue weighted by Crippen LogP contribution is -2.39. The number of hydrogen-bond acceptors (Lipinski definition) is 3. The van der Waals surface area contributed by atoms with Gasteiger partial charge in [0.05, 0.1) is 11.6 Å². The zero-order valence-electron chi connectivity index (χ0n) is 11.3. The minimum absolute atomic E-state index is 0.138. The summed E-state index contributed by atoms with van der Waals surface area (Å²) in [5, 5.41) is 9.29. The minimum Gasteiger partial charge on any atom is -0.481 e. The number of carbonyl (C=O) groups excluding carboxylic acids is 1. The molecule has 1 N–H and O–H groups in total. The minimum atomic E-state index is -0.865. The molecule has 0 fully saturated rings. The molecule has 1 atom stereocenters. The van der Waals surface area contributed by atoms with E-state index in [0.29, 0.717) is 24.2 Å². The van der Waals surface area contributed by atoms with Gasteiger partial charge in [0.25, 0.3) is 0 Å². The van der Waals surface area contributed by atoms with E-state index in [9.17, 15) is 14.7 Å². The molecular formula is C15H17NO4. The fraction of sp³-hybridized carbons (Fsp3) is 0.333. The fourth-order valence-corrected chi connectivity index (χ4v) is 2.50. The van der Waals surface area contributed by atoms with Crippen LogP contribution in [0.4, 0.5) is 10.5 Å². The number of rotatable bonds is 3. The summed E-state index contributed by atoms with van der Waals surface area (Å²) in [5.41, 5.74) is 2.18. The van der Waals surface area contributed by atoms with E-state index in [0.717, 1.165) is 5.56 Å². The predicted octanol–water partition coefficient (Wildman–Crippen LogP) is 2.70. The van der Waals surface area contributed by atoms with E-state index in [1.807, 2.05) is 19.1 Å². The second kappa shape index (κ2) is 5.77. The van der Waals surface area contributed by atoms with Crippen LogP contribution in [0.2, 0.25) is 0 Å². The van der Waals surface area contributed by atoms with Crippen LogP contribution in [-0.2, 0) is 9.53 Å². The Labute approximate surface area is 117 Å². The summed E-state index contributed by atoms with van der Waals surface area (Å²) in [7, 11) is 0. The third-order valence-corrected chi connectivity index (χ3v) is 3.40. The summed E-state index contributed by atoms with van der Waals surface area (Å²) in [6.45, 7) is 5.84. The van der Waals surface area contributed by atoms with Crippen molar-refractivity contribution in [2.24, 2.45) is 0 Å². The Kier molecular flexibility index (Phi) is 4.08. The molecule has 0 spiro atoms. The van der Waals surface area contributed by atoms with Crippen molar-refractivity contribution >= 4 is 17.7 Å². The normalized spacial score (nSPS) is 17.2. The molecule has 1 amide bonds. The van der Waals surface area contributed by atoms with E-state index < -0.39 is 18.0 Å². The number of benzene rings is 1. The average molecular weight is 275 g/mol. The van der Waals surface area contributed by atoms with Gasteiger partial charge < -0.3 is 9.84 Å². The Balaban J connectivity index is 2.40. The van der Waals surface area contributed by atoms with Gasteiger partial charge in [-0.2, -0.15) is 0 Å². The first kappa shape index (κ1) is 14.1. The van der Waals surface area contributed by atoms with Crippen molar-refractivity contribution in [3.8, 4) is 0 Å². The molecule has 0 aliphatic carbocycles. The van der Waals surface area contributed by atoms with E-state index in [2.05, 4.69) is 6.58 Å². The molecule has 1 unspecified atom stereocenters. The molecule has 2 rings (SSSR count). The van der Waals surface area contributed by atoms with E-state index in [-0.39, 0.29) is 6.61 Å². The first-order chi connectivity index (χ1) is 9.56. The van der Waals surface area contributed by atoms with Crippen LogP contribution < -0.4 is 4.90 Å². The molecule has 5 heteroatoms. The van der Waals surface area contributed by atoms with Gasteiger partial charge in [-0.05, 0) is 24.5 Å². The molecule has 1 aliphatic heterocycles. The van der Waals surface area contributed by atoms with Gasteiger partial charge in [-0.1, -0.05) is 30.9 Å². The van der Waals surface area contributed by atoms with Gasteiger partial charge in [0.2, 0.25) is 0 Å². The summed E-state index contributed by atoms with van der Waals surface area (Å²) in [6, 6.07) is 5.42. The number of aliphatic carboxylic acids is 1. The van der Waals surface area contributed by atoms with Gasteiger partial charge in [-0.3, -0.25) is 9.69 Å². The monoisotopic (exact) mass is 275 g/mol. The molecule has 20 heavy (non-hydrogen) atoms. The number of carbonyl (C=O) groups is 2. The van der Waals surface area contributed by atoms with E-state index >= 15 is 0 Å². The second-order valence-corrected chi connectivity index (χ2v) is 4.71. The number of carboxylic acids is 1. The van der Waals surface area contributed by atoms with Crippen molar-refractivity contribution in [1.82, 2.24) is 0 Å². The molecule has 5 nitrogen and oxygen atoms in total. The molecule has 0 radical (unpaired) electrons. The quantitative estimate of drug-likeness (QED) is 0.861. The number of amides is 1. The number of carboxylic acid groups (broad SMARTS) is 1. The average Bonchev–Trinajstić information content (AvgIpc) is 2.43. The maximum absolute atomic E-state index is 12.1. The predicted molar refractivity (Wildman–Crippen MR) is 75.1 cm³/mol. The summed E-state index contributed by atoms with van der Waals surface area (Å²) < 4.78 is 5.06. The Hall–Kier alpha value is -2.30. The highest BCUT2D eigenvalue weighted by Gasteiger charge is 2.34. The summed E-state index contributed by atoms with van der Waals surface area (Å²) >= 11 is 0. The zero-order valence-corrected chi connectivity index (χ0v) is 11.3. The highest BCUT2D eigenvalue weighted by atomic mass is 16.6.